The van der Waals surface area contributed by atoms with Gasteiger partial charge in [-0.25, -0.2) is 0 Å². The van der Waals surface area contributed by atoms with Crippen LogP contribution in [0.5, 0.6) is 0 Å². The number of aromatic nitrogens is 4. The molecule has 176 valence electrons. The molecule has 0 unspecified atom stereocenters. The second kappa shape index (κ2) is 11.9. The predicted molar refractivity (Wildman–Crippen MR) is 132 cm³/mol. The van der Waals surface area contributed by atoms with Gasteiger partial charge in [0.15, 0.2) is 16.1 Å². The molecule has 0 spiro atoms. The van der Waals surface area contributed by atoms with Crippen LogP contribution in [0.3, 0.4) is 0 Å². The van der Waals surface area contributed by atoms with Gasteiger partial charge in [0.05, 0.1) is 0 Å². The lowest BCUT2D eigenvalue weighted by Gasteiger charge is -2.30. The summed E-state index contributed by atoms with van der Waals surface area (Å²) in [5, 5.41) is 23.7. The van der Waals surface area contributed by atoms with E-state index in [1.165, 1.54) is 38.8 Å². The van der Waals surface area contributed by atoms with Gasteiger partial charge >= 0.3 is 0 Å². The number of rotatable bonds is 4. The lowest BCUT2D eigenvalue weighted by Crippen LogP contribution is -2.40. The van der Waals surface area contributed by atoms with Crippen molar-refractivity contribution in [2.45, 2.75) is 51.6 Å². The van der Waals surface area contributed by atoms with Crippen molar-refractivity contribution in [1.29, 1.82) is 0 Å². The summed E-state index contributed by atoms with van der Waals surface area (Å²) in [6.45, 7) is 8.42. The standard InChI is InChI=1S/2C11H17ClN4/c1-8-6-10(14-15-11(8)12)13-9-4-3-5-16(2)7-9;1-8-6-10(12)14-15-11(8)13-9-4-3-5-16(2)7-9/h6,9H,3-5,7H2,1-2H3,(H,13,14);6,9H,3-5,7H2,1-2H3,(H,13,15)/t2*9-/m11/s1. The monoisotopic (exact) mass is 480 g/mol. The van der Waals surface area contributed by atoms with E-state index in [2.05, 4.69) is 54.9 Å². The Labute approximate surface area is 201 Å². The second-order valence-corrected chi connectivity index (χ2v) is 9.64. The van der Waals surface area contributed by atoms with Crippen molar-refractivity contribution in [2.75, 3.05) is 50.9 Å². The Balaban J connectivity index is 0.000000181. The van der Waals surface area contributed by atoms with Gasteiger partial charge in [-0.3, -0.25) is 0 Å². The van der Waals surface area contributed by atoms with Gasteiger partial charge in [-0.1, -0.05) is 23.2 Å². The highest BCUT2D eigenvalue weighted by atomic mass is 35.5. The molecule has 2 aromatic heterocycles. The molecule has 8 nitrogen and oxygen atoms in total. The summed E-state index contributed by atoms with van der Waals surface area (Å²) in [5.41, 5.74) is 2.01. The first-order chi connectivity index (χ1) is 15.3. The fourth-order valence-electron chi connectivity index (χ4n) is 4.11. The highest BCUT2D eigenvalue weighted by molar-refractivity contribution is 6.30. The first-order valence-electron chi connectivity index (χ1n) is 11.2. The van der Waals surface area contributed by atoms with Crippen LogP contribution in [0, 0.1) is 13.8 Å². The average Bonchev–Trinajstić information content (AvgIpc) is 2.73. The first-order valence-corrected chi connectivity index (χ1v) is 12.0. The van der Waals surface area contributed by atoms with E-state index in [0.29, 0.717) is 22.4 Å². The Kier molecular flexibility index (Phi) is 9.28. The van der Waals surface area contributed by atoms with Crippen molar-refractivity contribution in [3.63, 3.8) is 0 Å². The zero-order valence-electron chi connectivity index (χ0n) is 19.4. The van der Waals surface area contributed by atoms with Gasteiger partial charge in [-0.15, -0.1) is 20.4 Å². The third-order valence-electron chi connectivity index (χ3n) is 5.82. The summed E-state index contributed by atoms with van der Waals surface area (Å²) in [7, 11) is 4.29. The molecule has 2 fully saturated rings. The van der Waals surface area contributed by atoms with E-state index >= 15 is 0 Å². The second-order valence-electron chi connectivity index (χ2n) is 8.89. The summed E-state index contributed by atoms with van der Waals surface area (Å²) < 4.78 is 0. The highest BCUT2D eigenvalue weighted by Crippen LogP contribution is 2.18. The molecule has 0 aliphatic carbocycles. The molecule has 32 heavy (non-hydrogen) atoms. The third-order valence-corrected chi connectivity index (χ3v) is 6.38. The van der Waals surface area contributed by atoms with Crippen molar-refractivity contribution >= 4 is 34.8 Å². The number of likely N-dealkylation sites (N-methyl/N-ethyl adjacent to an activating group) is 2. The highest BCUT2D eigenvalue weighted by Gasteiger charge is 2.18. The summed E-state index contributed by atoms with van der Waals surface area (Å²) >= 11 is 11.6. The summed E-state index contributed by atoms with van der Waals surface area (Å²) in [6.07, 6.45) is 4.84. The van der Waals surface area contributed by atoms with Crippen molar-refractivity contribution in [3.05, 3.63) is 33.6 Å². The van der Waals surface area contributed by atoms with E-state index in [9.17, 15) is 0 Å². The van der Waals surface area contributed by atoms with Crippen molar-refractivity contribution in [2.24, 2.45) is 0 Å². The van der Waals surface area contributed by atoms with Gasteiger partial charge < -0.3 is 20.4 Å². The van der Waals surface area contributed by atoms with Gasteiger partial charge in [0, 0.05) is 25.2 Å². The molecular formula is C22H34Cl2N8. The average molecular weight is 481 g/mol. The van der Waals surface area contributed by atoms with Crippen LogP contribution in [0.1, 0.15) is 36.8 Å². The molecule has 0 saturated carbocycles. The molecule has 0 aromatic carbocycles. The Morgan fingerprint density at radius 1 is 0.812 bits per heavy atom. The van der Waals surface area contributed by atoms with E-state index in [-0.39, 0.29) is 0 Å². The third kappa shape index (κ3) is 7.69. The van der Waals surface area contributed by atoms with E-state index < -0.39 is 0 Å². The maximum atomic E-state index is 5.84. The predicted octanol–water partition coefficient (Wildman–Crippen LogP) is 3.89. The van der Waals surface area contributed by atoms with Gasteiger partial charge in [-0.2, -0.15) is 0 Å². The van der Waals surface area contributed by atoms with Crippen molar-refractivity contribution < 1.29 is 0 Å². The van der Waals surface area contributed by atoms with Gasteiger partial charge in [-0.05, 0) is 90.0 Å². The fraction of sp³-hybridized carbons (Fsp3) is 0.636. The molecule has 2 aliphatic rings. The normalized spacial score (nSPS) is 22.1. The summed E-state index contributed by atoms with van der Waals surface area (Å²) in [6, 6.07) is 4.72. The number of hydrogen-bond acceptors (Lipinski definition) is 8. The number of nitrogens with one attached hydrogen (secondary N) is 2. The molecule has 4 heterocycles. The van der Waals surface area contributed by atoms with E-state index in [0.717, 1.165) is 35.9 Å². The topological polar surface area (TPSA) is 82.1 Å². The zero-order chi connectivity index (χ0) is 23.1. The Morgan fingerprint density at radius 3 is 2.00 bits per heavy atom. The van der Waals surface area contributed by atoms with Crippen LogP contribution < -0.4 is 10.6 Å². The smallest absolute Gasteiger partial charge is 0.154 e. The SMILES string of the molecule is Cc1cc(Cl)nnc1N[C@@H]1CCCN(C)C1.Cc1cc(N[C@@H]2CCCN(C)C2)nnc1Cl. The number of piperidine rings is 2. The summed E-state index contributed by atoms with van der Waals surface area (Å²) in [4.78, 5) is 4.66. The van der Waals surface area contributed by atoms with Gasteiger partial charge in [0.25, 0.3) is 0 Å². The zero-order valence-corrected chi connectivity index (χ0v) is 20.9. The molecule has 4 rings (SSSR count). The van der Waals surface area contributed by atoms with Crippen LogP contribution in [0.25, 0.3) is 0 Å². The van der Waals surface area contributed by atoms with Gasteiger partial charge in [0.2, 0.25) is 0 Å². The van der Waals surface area contributed by atoms with E-state index in [4.69, 9.17) is 23.2 Å². The molecule has 2 aliphatic heterocycles. The quantitative estimate of drug-likeness (QED) is 0.681. The van der Waals surface area contributed by atoms with Crippen LogP contribution in [0.2, 0.25) is 10.3 Å². The van der Waals surface area contributed by atoms with Crippen LogP contribution in [-0.2, 0) is 0 Å². The molecule has 0 radical (unpaired) electrons. The number of nitrogens with zero attached hydrogens (tertiary/aromatic N) is 6. The summed E-state index contributed by atoms with van der Waals surface area (Å²) in [5.74, 6) is 1.67. The molecule has 0 bridgehead atoms. The van der Waals surface area contributed by atoms with Crippen LogP contribution >= 0.6 is 23.2 Å². The minimum absolute atomic E-state index is 0.448. The molecule has 2 saturated heterocycles. The Bertz CT molecular complexity index is 881. The van der Waals surface area contributed by atoms with Crippen LogP contribution in [-0.4, -0.2) is 82.6 Å². The van der Waals surface area contributed by atoms with Gasteiger partial charge in [0.1, 0.15) is 5.82 Å². The molecular weight excluding hydrogens is 447 g/mol. The molecule has 0 amide bonds. The Hall–Kier alpha value is -1.74. The van der Waals surface area contributed by atoms with Crippen LogP contribution in [0.4, 0.5) is 11.6 Å². The van der Waals surface area contributed by atoms with Crippen molar-refractivity contribution in [1.82, 2.24) is 30.2 Å². The maximum Gasteiger partial charge on any atom is 0.154 e. The van der Waals surface area contributed by atoms with Crippen molar-refractivity contribution in [3.8, 4) is 0 Å². The number of anilines is 2. The first kappa shape index (κ1) is 24.9. The number of hydrogen-bond donors (Lipinski definition) is 2. The minimum Gasteiger partial charge on any atom is -0.365 e. The minimum atomic E-state index is 0.448. The molecule has 2 atom stereocenters. The van der Waals surface area contributed by atoms with Crippen LogP contribution in [0.15, 0.2) is 12.1 Å². The lowest BCUT2D eigenvalue weighted by molar-refractivity contribution is 0.260. The lowest BCUT2D eigenvalue weighted by atomic mass is 10.1. The largest absolute Gasteiger partial charge is 0.365 e. The maximum absolute atomic E-state index is 5.84. The number of halogens is 2. The van der Waals surface area contributed by atoms with E-state index in [1.54, 1.807) is 0 Å². The number of aryl methyl sites for hydroxylation is 2. The molecule has 2 N–H and O–H groups in total. The Morgan fingerprint density at radius 2 is 1.44 bits per heavy atom. The number of likely N-dealkylation sites (tertiary alicyclic amines) is 2. The van der Waals surface area contributed by atoms with E-state index in [1.807, 2.05) is 26.0 Å². The molecule has 10 heteroatoms. The fourth-order valence-corrected chi connectivity index (χ4v) is 4.40. The molecule has 2 aromatic rings.